The van der Waals surface area contributed by atoms with E-state index in [1.54, 1.807) is 19.2 Å². The average molecular weight is 380 g/mol. The number of aromatic nitrogens is 1. The summed E-state index contributed by atoms with van der Waals surface area (Å²) in [6.07, 6.45) is 3.85. The largest absolute Gasteiger partial charge is 0.354 e. The summed E-state index contributed by atoms with van der Waals surface area (Å²) in [7, 11) is 1.71. The SMILES string of the molecule is CN=C(NCc1ccc(C#N)cc1F)NC1CCN(Cc2ccccn2)CC1. The molecule has 0 saturated carbocycles. The Hall–Kier alpha value is -2.98. The first-order valence-electron chi connectivity index (χ1n) is 9.46. The van der Waals surface area contributed by atoms with Gasteiger partial charge in [-0.25, -0.2) is 4.39 Å². The first-order chi connectivity index (χ1) is 13.7. The van der Waals surface area contributed by atoms with Crippen molar-refractivity contribution in [2.45, 2.75) is 32.0 Å². The van der Waals surface area contributed by atoms with Gasteiger partial charge in [-0.15, -0.1) is 0 Å². The van der Waals surface area contributed by atoms with Crippen LogP contribution in [-0.2, 0) is 13.1 Å². The molecule has 7 heteroatoms. The molecule has 1 aromatic carbocycles. The maximum atomic E-state index is 14.0. The zero-order chi connectivity index (χ0) is 19.8. The molecule has 1 aromatic heterocycles. The van der Waals surface area contributed by atoms with E-state index < -0.39 is 0 Å². The van der Waals surface area contributed by atoms with Gasteiger partial charge in [0.2, 0.25) is 0 Å². The molecule has 1 saturated heterocycles. The molecule has 1 aliphatic rings. The van der Waals surface area contributed by atoms with E-state index in [-0.39, 0.29) is 5.82 Å². The molecular weight excluding hydrogens is 355 g/mol. The van der Waals surface area contributed by atoms with Gasteiger partial charge < -0.3 is 10.6 Å². The van der Waals surface area contributed by atoms with Crippen molar-refractivity contribution < 1.29 is 4.39 Å². The normalized spacial score (nSPS) is 15.8. The van der Waals surface area contributed by atoms with Crippen LogP contribution < -0.4 is 10.6 Å². The lowest BCUT2D eigenvalue weighted by atomic mass is 10.0. The molecule has 0 atom stereocenters. The highest BCUT2D eigenvalue weighted by Crippen LogP contribution is 2.13. The number of benzene rings is 1. The van der Waals surface area contributed by atoms with Crippen LogP contribution in [0.1, 0.15) is 29.7 Å². The van der Waals surface area contributed by atoms with Gasteiger partial charge in [0.15, 0.2) is 5.96 Å². The van der Waals surface area contributed by atoms with Gasteiger partial charge in [0.05, 0.1) is 17.3 Å². The molecule has 3 rings (SSSR count). The van der Waals surface area contributed by atoms with E-state index >= 15 is 0 Å². The molecule has 0 aliphatic carbocycles. The fourth-order valence-corrected chi connectivity index (χ4v) is 3.28. The quantitative estimate of drug-likeness (QED) is 0.615. The highest BCUT2D eigenvalue weighted by molar-refractivity contribution is 5.79. The molecule has 1 fully saturated rings. The van der Waals surface area contributed by atoms with Crippen LogP contribution in [0.4, 0.5) is 4.39 Å². The number of rotatable bonds is 5. The average Bonchev–Trinajstić information content (AvgIpc) is 2.73. The minimum Gasteiger partial charge on any atom is -0.354 e. The van der Waals surface area contributed by atoms with Crippen molar-refractivity contribution in [2.24, 2.45) is 4.99 Å². The molecule has 2 aromatic rings. The van der Waals surface area contributed by atoms with Gasteiger partial charge in [-0.1, -0.05) is 12.1 Å². The van der Waals surface area contributed by atoms with Gasteiger partial charge in [-0.05, 0) is 37.1 Å². The topological polar surface area (TPSA) is 76.3 Å². The molecule has 0 spiro atoms. The van der Waals surface area contributed by atoms with Gasteiger partial charge in [0, 0.05) is 51.0 Å². The van der Waals surface area contributed by atoms with Gasteiger partial charge >= 0.3 is 0 Å². The van der Waals surface area contributed by atoms with Crippen LogP contribution >= 0.6 is 0 Å². The summed E-state index contributed by atoms with van der Waals surface area (Å²) < 4.78 is 14.0. The van der Waals surface area contributed by atoms with E-state index in [0.717, 1.165) is 38.2 Å². The van der Waals surface area contributed by atoms with Gasteiger partial charge in [-0.2, -0.15) is 5.26 Å². The lowest BCUT2D eigenvalue weighted by molar-refractivity contribution is 0.196. The number of nitriles is 1. The van der Waals surface area contributed by atoms with Crippen LogP contribution in [0, 0.1) is 17.1 Å². The standard InChI is InChI=1S/C21H25FN6/c1-24-21(26-14-17-6-5-16(13-23)12-20(17)22)27-18-7-10-28(11-8-18)15-19-4-2-3-9-25-19/h2-6,9,12,18H,7-8,10-11,14-15H2,1H3,(H2,24,26,27). The zero-order valence-electron chi connectivity index (χ0n) is 16.0. The Morgan fingerprint density at radius 1 is 1.32 bits per heavy atom. The molecule has 0 amide bonds. The van der Waals surface area contributed by atoms with E-state index in [0.29, 0.717) is 29.7 Å². The molecule has 0 unspecified atom stereocenters. The third-order valence-electron chi connectivity index (χ3n) is 4.89. The monoisotopic (exact) mass is 380 g/mol. The minimum absolute atomic E-state index is 0.315. The first kappa shape index (κ1) is 19.8. The van der Waals surface area contributed by atoms with Gasteiger partial charge in [-0.3, -0.25) is 14.9 Å². The number of aliphatic imine (C=N–C) groups is 1. The van der Waals surface area contributed by atoms with E-state index in [1.807, 2.05) is 24.4 Å². The Bertz CT molecular complexity index is 838. The third-order valence-corrected chi connectivity index (χ3v) is 4.89. The lowest BCUT2D eigenvalue weighted by Crippen LogP contribution is -2.48. The fourth-order valence-electron chi connectivity index (χ4n) is 3.28. The minimum atomic E-state index is -0.384. The van der Waals surface area contributed by atoms with Crippen LogP contribution in [0.15, 0.2) is 47.6 Å². The number of nitrogens with zero attached hydrogens (tertiary/aromatic N) is 4. The second-order valence-electron chi connectivity index (χ2n) is 6.86. The molecule has 0 radical (unpaired) electrons. The van der Waals surface area contributed by atoms with Crippen molar-refractivity contribution in [2.75, 3.05) is 20.1 Å². The molecule has 1 aliphatic heterocycles. The first-order valence-corrected chi connectivity index (χ1v) is 9.46. The Labute approximate surface area is 165 Å². The molecule has 0 bridgehead atoms. The summed E-state index contributed by atoms with van der Waals surface area (Å²) in [5, 5.41) is 15.4. The number of nitrogens with one attached hydrogen (secondary N) is 2. The summed E-state index contributed by atoms with van der Waals surface area (Å²) in [6.45, 7) is 3.18. The summed E-state index contributed by atoms with van der Waals surface area (Å²) in [4.78, 5) is 11.0. The summed E-state index contributed by atoms with van der Waals surface area (Å²) in [6, 6.07) is 12.8. The van der Waals surface area contributed by atoms with E-state index in [2.05, 4.69) is 31.6 Å². The Balaban J connectivity index is 1.45. The van der Waals surface area contributed by atoms with Crippen molar-refractivity contribution >= 4 is 5.96 Å². The van der Waals surface area contributed by atoms with Gasteiger partial charge in [0.1, 0.15) is 5.82 Å². The Kier molecular flexibility index (Phi) is 6.93. The van der Waals surface area contributed by atoms with E-state index in [4.69, 9.17) is 5.26 Å². The van der Waals surface area contributed by atoms with Crippen LogP contribution in [0.5, 0.6) is 0 Å². The van der Waals surface area contributed by atoms with Crippen molar-refractivity contribution in [3.05, 3.63) is 65.2 Å². The number of hydrogen-bond donors (Lipinski definition) is 2. The van der Waals surface area contributed by atoms with Crippen molar-refractivity contribution in [3.8, 4) is 6.07 Å². The van der Waals surface area contributed by atoms with E-state index in [9.17, 15) is 4.39 Å². The number of halogens is 1. The van der Waals surface area contributed by atoms with Crippen LogP contribution in [0.2, 0.25) is 0 Å². The maximum Gasteiger partial charge on any atom is 0.191 e. The number of pyridine rings is 1. The van der Waals surface area contributed by atoms with Crippen LogP contribution in [-0.4, -0.2) is 42.0 Å². The predicted molar refractivity (Wildman–Crippen MR) is 107 cm³/mol. The summed E-state index contributed by atoms with van der Waals surface area (Å²) >= 11 is 0. The van der Waals surface area contributed by atoms with Crippen LogP contribution in [0.3, 0.4) is 0 Å². The van der Waals surface area contributed by atoms with Crippen molar-refractivity contribution in [3.63, 3.8) is 0 Å². The second kappa shape index (κ2) is 9.81. The smallest absolute Gasteiger partial charge is 0.191 e. The number of guanidine groups is 1. The maximum absolute atomic E-state index is 14.0. The second-order valence-corrected chi connectivity index (χ2v) is 6.86. The third kappa shape index (κ3) is 5.51. The molecule has 146 valence electrons. The molecule has 2 N–H and O–H groups in total. The van der Waals surface area contributed by atoms with Crippen LogP contribution in [0.25, 0.3) is 0 Å². The molecule has 6 nitrogen and oxygen atoms in total. The molecular formula is C21H25FN6. The van der Waals surface area contributed by atoms with Gasteiger partial charge in [0.25, 0.3) is 0 Å². The Morgan fingerprint density at radius 2 is 2.14 bits per heavy atom. The highest BCUT2D eigenvalue weighted by Gasteiger charge is 2.20. The fraction of sp³-hybridized carbons (Fsp3) is 0.381. The number of piperidine rings is 1. The summed E-state index contributed by atoms with van der Waals surface area (Å²) in [5.41, 5.74) is 1.92. The number of likely N-dealkylation sites (tertiary alicyclic amines) is 1. The predicted octanol–water partition coefficient (Wildman–Crippen LogP) is 2.42. The van der Waals surface area contributed by atoms with E-state index in [1.165, 1.54) is 6.07 Å². The van der Waals surface area contributed by atoms with Crippen molar-refractivity contribution in [1.29, 1.82) is 5.26 Å². The molecule has 2 heterocycles. The van der Waals surface area contributed by atoms with Crippen molar-refractivity contribution in [1.82, 2.24) is 20.5 Å². The summed E-state index contributed by atoms with van der Waals surface area (Å²) in [5.74, 6) is 0.275. The zero-order valence-corrected chi connectivity index (χ0v) is 16.0. The Morgan fingerprint density at radius 3 is 2.79 bits per heavy atom. The highest BCUT2D eigenvalue weighted by atomic mass is 19.1. The molecule has 28 heavy (non-hydrogen) atoms. The number of hydrogen-bond acceptors (Lipinski definition) is 4. The lowest BCUT2D eigenvalue weighted by Gasteiger charge is -2.32.